The molecule has 0 radical (unpaired) electrons. The SMILES string of the molecule is Bc1nc(-c2cccc(NC(=O)c3cc4c(s3)CCCC4)c2C)cn(C)c1=O. The number of carbonyl (C=O) groups is 1. The minimum absolute atomic E-state index is 0.0655. The molecule has 3 aromatic rings. The van der Waals surface area contributed by atoms with Crippen molar-refractivity contribution in [3.05, 3.63) is 61.7 Å². The Morgan fingerprint density at radius 3 is 2.82 bits per heavy atom. The van der Waals surface area contributed by atoms with Crippen LogP contribution in [0, 0.1) is 6.92 Å². The fourth-order valence-corrected chi connectivity index (χ4v) is 4.87. The fraction of sp³-hybridized carbons (Fsp3) is 0.286. The molecule has 0 saturated heterocycles. The predicted molar refractivity (Wildman–Crippen MR) is 117 cm³/mol. The lowest BCUT2D eigenvalue weighted by Gasteiger charge is -2.13. The summed E-state index contributed by atoms with van der Waals surface area (Å²) in [6, 6.07) is 7.81. The number of hydrogen-bond donors (Lipinski definition) is 1. The van der Waals surface area contributed by atoms with Crippen LogP contribution in [0.15, 0.2) is 35.3 Å². The van der Waals surface area contributed by atoms with E-state index in [0.717, 1.165) is 40.2 Å². The molecule has 28 heavy (non-hydrogen) atoms. The van der Waals surface area contributed by atoms with Gasteiger partial charge in [-0.3, -0.25) is 14.6 Å². The number of nitrogens with zero attached hydrogens (tertiary/aromatic N) is 2. The maximum atomic E-state index is 12.8. The van der Waals surface area contributed by atoms with Crippen LogP contribution in [0.4, 0.5) is 5.69 Å². The van der Waals surface area contributed by atoms with Crippen molar-refractivity contribution in [2.75, 3.05) is 5.32 Å². The van der Waals surface area contributed by atoms with E-state index in [1.165, 1.54) is 23.3 Å². The molecule has 1 aliphatic rings. The van der Waals surface area contributed by atoms with E-state index in [2.05, 4.69) is 10.3 Å². The first-order chi connectivity index (χ1) is 13.4. The first-order valence-corrected chi connectivity index (χ1v) is 10.3. The summed E-state index contributed by atoms with van der Waals surface area (Å²) in [6.45, 7) is 1.96. The highest BCUT2D eigenvalue weighted by molar-refractivity contribution is 7.14. The number of nitrogens with one attached hydrogen (secondary N) is 1. The summed E-state index contributed by atoms with van der Waals surface area (Å²) < 4.78 is 1.54. The predicted octanol–water partition coefficient (Wildman–Crippen LogP) is 2.21. The quantitative estimate of drug-likeness (QED) is 0.697. The van der Waals surface area contributed by atoms with Gasteiger partial charge in [-0.2, -0.15) is 0 Å². The molecule has 0 atom stereocenters. The number of benzene rings is 1. The Labute approximate surface area is 168 Å². The van der Waals surface area contributed by atoms with Crippen molar-refractivity contribution >= 4 is 36.4 Å². The second-order valence-electron chi connectivity index (χ2n) is 7.33. The van der Waals surface area contributed by atoms with Gasteiger partial charge < -0.3 is 9.88 Å². The van der Waals surface area contributed by atoms with E-state index in [0.29, 0.717) is 5.59 Å². The average molecular weight is 391 g/mol. The van der Waals surface area contributed by atoms with Crippen molar-refractivity contribution in [2.45, 2.75) is 32.6 Å². The lowest BCUT2D eigenvalue weighted by Crippen LogP contribution is -2.35. The van der Waals surface area contributed by atoms with Gasteiger partial charge in [-0.1, -0.05) is 12.1 Å². The second kappa shape index (κ2) is 7.39. The molecular weight excluding hydrogens is 369 g/mol. The highest BCUT2D eigenvalue weighted by Gasteiger charge is 2.18. The van der Waals surface area contributed by atoms with E-state index < -0.39 is 0 Å². The van der Waals surface area contributed by atoms with Crippen molar-refractivity contribution in [3.8, 4) is 11.3 Å². The standard InChI is InChI=1S/C21H22BN3O2S/c1-12-14(16-11-25(2)21(27)19(22)23-16)7-5-8-15(12)24-20(26)18-10-13-6-3-4-9-17(13)28-18/h5,7-8,10-11H,3-4,6,9,22H2,1-2H3,(H,24,26). The molecule has 142 valence electrons. The zero-order valence-electron chi connectivity index (χ0n) is 16.3. The molecule has 5 nitrogen and oxygen atoms in total. The summed E-state index contributed by atoms with van der Waals surface area (Å²) in [6.07, 6.45) is 6.31. The zero-order valence-corrected chi connectivity index (χ0v) is 17.2. The Hall–Kier alpha value is -2.67. The lowest BCUT2D eigenvalue weighted by molar-refractivity contribution is 0.103. The smallest absolute Gasteiger partial charge is 0.265 e. The number of anilines is 1. The number of hydrogen-bond acceptors (Lipinski definition) is 4. The fourth-order valence-electron chi connectivity index (χ4n) is 3.72. The highest BCUT2D eigenvalue weighted by Crippen LogP contribution is 2.31. The zero-order chi connectivity index (χ0) is 19.8. The molecular formula is C21H22BN3O2S. The van der Waals surface area contributed by atoms with E-state index in [4.69, 9.17) is 0 Å². The largest absolute Gasteiger partial charge is 0.321 e. The topological polar surface area (TPSA) is 64.0 Å². The summed E-state index contributed by atoms with van der Waals surface area (Å²) in [7, 11) is 3.44. The molecule has 0 bridgehead atoms. The van der Waals surface area contributed by atoms with Crippen LogP contribution in [-0.2, 0) is 19.9 Å². The van der Waals surface area contributed by atoms with Gasteiger partial charge in [0.25, 0.3) is 11.5 Å². The van der Waals surface area contributed by atoms with Crippen molar-refractivity contribution in [3.63, 3.8) is 0 Å². The molecule has 7 heteroatoms. The molecule has 0 unspecified atom stereocenters. The summed E-state index contributed by atoms with van der Waals surface area (Å²) in [5, 5.41) is 3.06. The van der Waals surface area contributed by atoms with Gasteiger partial charge in [-0.25, -0.2) is 0 Å². The maximum absolute atomic E-state index is 12.8. The average Bonchev–Trinajstić information content (AvgIpc) is 3.12. The maximum Gasteiger partial charge on any atom is 0.265 e. The molecule has 2 aromatic heterocycles. The van der Waals surface area contributed by atoms with Crippen molar-refractivity contribution in [1.82, 2.24) is 9.55 Å². The molecule has 1 N–H and O–H groups in total. The Kier molecular flexibility index (Phi) is 4.93. The third-order valence-corrected chi connectivity index (χ3v) is 6.55. The molecule has 4 rings (SSSR count). The molecule has 0 saturated carbocycles. The van der Waals surface area contributed by atoms with Crippen LogP contribution in [0.5, 0.6) is 0 Å². The van der Waals surface area contributed by atoms with E-state index >= 15 is 0 Å². The van der Waals surface area contributed by atoms with Crippen LogP contribution in [0.2, 0.25) is 0 Å². The van der Waals surface area contributed by atoms with Crippen molar-refractivity contribution in [1.29, 1.82) is 0 Å². The minimum Gasteiger partial charge on any atom is -0.321 e. The van der Waals surface area contributed by atoms with E-state index in [1.54, 1.807) is 37.0 Å². The van der Waals surface area contributed by atoms with Crippen LogP contribution < -0.4 is 16.5 Å². The third-order valence-electron chi connectivity index (χ3n) is 5.31. The van der Waals surface area contributed by atoms with Crippen LogP contribution in [0.1, 0.15) is 38.5 Å². The molecule has 0 aliphatic heterocycles. The van der Waals surface area contributed by atoms with E-state index in [-0.39, 0.29) is 11.5 Å². The minimum atomic E-state index is -0.104. The number of thiophene rings is 1. The normalized spacial score (nSPS) is 13.2. The molecule has 2 heterocycles. The molecule has 0 fully saturated rings. The van der Waals surface area contributed by atoms with Gasteiger partial charge >= 0.3 is 0 Å². The number of rotatable bonds is 3. The van der Waals surface area contributed by atoms with Gasteiger partial charge in [-0.05, 0) is 55.9 Å². The van der Waals surface area contributed by atoms with Gasteiger partial charge in [0.15, 0.2) is 7.85 Å². The summed E-state index contributed by atoms with van der Waals surface area (Å²) in [4.78, 5) is 31.3. The molecule has 1 aromatic carbocycles. The number of amides is 1. The molecule has 0 spiro atoms. The monoisotopic (exact) mass is 391 g/mol. The van der Waals surface area contributed by atoms with Gasteiger partial charge in [0.05, 0.1) is 16.2 Å². The Bertz CT molecular complexity index is 1080. The molecule has 1 aliphatic carbocycles. The molecule has 1 amide bonds. The number of fused-ring (bicyclic) bond motifs is 1. The lowest BCUT2D eigenvalue weighted by atomic mass is 9.99. The first-order valence-electron chi connectivity index (χ1n) is 9.51. The first kappa shape index (κ1) is 18.7. The highest BCUT2D eigenvalue weighted by atomic mass is 32.1. The Morgan fingerprint density at radius 2 is 2.07 bits per heavy atom. The van der Waals surface area contributed by atoms with Gasteiger partial charge in [0, 0.05) is 29.4 Å². The Morgan fingerprint density at radius 1 is 1.29 bits per heavy atom. The second-order valence-corrected chi connectivity index (χ2v) is 8.46. The number of aromatic nitrogens is 2. The van der Waals surface area contributed by atoms with Crippen LogP contribution in [-0.4, -0.2) is 23.3 Å². The summed E-state index contributed by atoms with van der Waals surface area (Å²) >= 11 is 1.61. The van der Waals surface area contributed by atoms with Gasteiger partial charge in [-0.15, -0.1) is 11.3 Å². The van der Waals surface area contributed by atoms with Crippen molar-refractivity contribution in [2.24, 2.45) is 7.05 Å². The van der Waals surface area contributed by atoms with Gasteiger partial charge in [0.1, 0.15) is 0 Å². The van der Waals surface area contributed by atoms with Crippen LogP contribution >= 0.6 is 11.3 Å². The third kappa shape index (κ3) is 3.42. The van der Waals surface area contributed by atoms with Gasteiger partial charge in [0.2, 0.25) is 0 Å². The number of aryl methyl sites for hydroxylation is 3. The van der Waals surface area contributed by atoms with Crippen LogP contribution in [0.3, 0.4) is 0 Å². The van der Waals surface area contributed by atoms with Crippen LogP contribution in [0.25, 0.3) is 11.3 Å². The van der Waals surface area contributed by atoms with E-state index in [1.807, 2.05) is 31.2 Å². The summed E-state index contributed by atoms with van der Waals surface area (Å²) in [5.41, 5.74) is 5.01. The number of carbonyl (C=O) groups excluding carboxylic acids is 1. The van der Waals surface area contributed by atoms with Crippen molar-refractivity contribution < 1.29 is 4.79 Å². The van der Waals surface area contributed by atoms with E-state index in [9.17, 15) is 9.59 Å². The summed E-state index contributed by atoms with van der Waals surface area (Å²) in [5.74, 6) is -0.0655. The Balaban J connectivity index is 1.64.